The Morgan fingerprint density at radius 1 is 1.26 bits per heavy atom. The number of amides is 1. The first kappa shape index (κ1) is 14.2. The van der Waals surface area contributed by atoms with Gasteiger partial charge in [-0.1, -0.05) is 0 Å². The van der Waals surface area contributed by atoms with Gasteiger partial charge in [-0.3, -0.25) is 9.48 Å². The van der Waals surface area contributed by atoms with Gasteiger partial charge in [-0.2, -0.15) is 5.10 Å². The smallest absolute Gasteiger partial charge is 0.264 e. The lowest BCUT2D eigenvalue weighted by atomic mass is 10.2. The van der Waals surface area contributed by atoms with Crippen LogP contribution in [0.1, 0.15) is 20.4 Å². The van der Waals surface area contributed by atoms with Crippen molar-refractivity contribution in [3.63, 3.8) is 0 Å². The van der Waals surface area contributed by atoms with Crippen LogP contribution in [0.5, 0.6) is 0 Å². The van der Waals surface area contributed by atoms with Gasteiger partial charge in [-0.05, 0) is 19.1 Å². The Morgan fingerprint density at radius 3 is 2.83 bits per heavy atom. The van der Waals surface area contributed by atoms with E-state index in [1.165, 1.54) is 0 Å². The van der Waals surface area contributed by atoms with Crippen LogP contribution in [-0.2, 0) is 20.1 Å². The first-order valence-electron chi connectivity index (χ1n) is 7.51. The number of carbonyl (C=O) groups is 1. The van der Waals surface area contributed by atoms with Crippen LogP contribution in [0, 0.1) is 6.92 Å². The third-order valence-electron chi connectivity index (χ3n) is 4.10. The molecule has 3 aromatic rings. The molecule has 4 rings (SSSR count). The number of nitrogens with zero attached hydrogens (tertiary/aromatic N) is 5. The van der Waals surface area contributed by atoms with Crippen LogP contribution >= 0.6 is 11.3 Å². The molecule has 1 aliphatic heterocycles. The van der Waals surface area contributed by atoms with Crippen LogP contribution in [0.2, 0.25) is 0 Å². The minimum absolute atomic E-state index is 0.0975. The van der Waals surface area contributed by atoms with Gasteiger partial charge in [-0.15, -0.1) is 11.3 Å². The SMILES string of the molecule is Cc1ccc(C(=O)N2CCn3c(-c4cnn(C)c4)cnc3C2)s1. The summed E-state index contributed by atoms with van der Waals surface area (Å²) in [5, 5.41) is 4.22. The number of carbonyl (C=O) groups excluding carboxylic acids is 1. The van der Waals surface area contributed by atoms with E-state index in [4.69, 9.17) is 0 Å². The second kappa shape index (κ2) is 5.34. The number of hydrogen-bond acceptors (Lipinski definition) is 4. The molecule has 0 atom stereocenters. The zero-order chi connectivity index (χ0) is 16.0. The Morgan fingerprint density at radius 2 is 2.13 bits per heavy atom. The van der Waals surface area contributed by atoms with Crippen molar-refractivity contribution in [1.82, 2.24) is 24.2 Å². The van der Waals surface area contributed by atoms with Crippen LogP contribution < -0.4 is 0 Å². The molecule has 0 radical (unpaired) electrons. The maximum atomic E-state index is 12.6. The molecule has 7 heteroatoms. The van der Waals surface area contributed by atoms with Crippen LogP contribution in [0.25, 0.3) is 11.3 Å². The van der Waals surface area contributed by atoms with Gasteiger partial charge in [0.2, 0.25) is 0 Å². The summed E-state index contributed by atoms with van der Waals surface area (Å²) in [4.78, 5) is 20.9. The Hall–Kier alpha value is -2.41. The highest BCUT2D eigenvalue weighted by Crippen LogP contribution is 2.25. The second-order valence-corrected chi connectivity index (χ2v) is 7.04. The first-order valence-corrected chi connectivity index (χ1v) is 8.32. The van der Waals surface area contributed by atoms with E-state index in [9.17, 15) is 4.79 Å². The molecule has 0 fully saturated rings. The molecule has 6 nitrogen and oxygen atoms in total. The predicted molar refractivity (Wildman–Crippen MR) is 88.2 cm³/mol. The zero-order valence-electron chi connectivity index (χ0n) is 13.1. The largest absolute Gasteiger partial charge is 0.329 e. The highest BCUT2D eigenvalue weighted by atomic mass is 32.1. The predicted octanol–water partition coefficient (Wildman–Crippen LogP) is 2.31. The van der Waals surface area contributed by atoms with Gasteiger partial charge in [-0.25, -0.2) is 4.98 Å². The zero-order valence-corrected chi connectivity index (χ0v) is 13.9. The summed E-state index contributed by atoms with van der Waals surface area (Å²) in [7, 11) is 1.90. The number of thiophene rings is 1. The molecule has 1 aliphatic rings. The van der Waals surface area contributed by atoms with Gasteiger partial charge in [0.15, 0.2) is 0 Å². The summed E-state index contributed by atoms with van der Waals surface area (Å²) in [5.41, 5.74) is 2.12. The maximum absolute atomic E-state index is 12.6. The molecule has 0 aliphatic carbocycles. The standard InChI is InChI=1S/C16H17N5OS/c1-11-3-4-14(23-11)16(22)20-5-6-21-13(8-17-15(21)10-20)12-7-18-19(2)9-12/h3-4,7-9H,5-6,10H2,1-2H3. The van der Waals surface area contributed by atoms with Crippen LogP contribution in [0.15, 0.2) is 30.7 Å². The first-order chi connectivity index (χ1) is 11.1. The van der Waals surface area contributed by atoms with E-state index >= 15 is 0 Å². The van der Waals surface area contributed by atoms with E-state index in [-0.39, 0.29) is 5.91 Å². The third kappa shape index (κ3) is 2.46. The van der Waals surface area contributed by atoms with Gasteiger partial charge in [0.1, 0.15) is 5.82 Å². The fourth-order valence-electron chi connectivity index (χ4n) is 2.92. The minimum Gasteiger partial charge on any atom is -0.329 e. The molecule has 3 aromatic heterocycles. The topological polar surface area (TPSA) is 56.0 Å². The number of fused-ring (bicyclic) bond motifs is 1. The van der Waals surface area contributed by atoms with Crippen LogP contribution in [-0.4, -0.2) is 36.7 Å². The van der Waals surface area contributed by atoms with E-state index in [0.717, 1.165) is 33.4 Å². The molecule has 0 saturated carbocycles. The lowest BCUT2D eigenvalue weighted by molar-refractivity contribution is 0.0713. The average Bonchev–Trinajstić information content (AvgIpc) is 3.25. The van der Waals surface area contributed by atoms with Crippen molar-refractivity contribution >= 4 is 17.2 Å². The Balaban J connectivity index is 1.59. The molecule has 0 aromatic carbocycles. The van der Waals surface area contributed by atoms with E-state index in [0.29, 0.717) is 13.1 Å². The quantitative estimate of drug-likeness (QED) is 0.726. The Labute approximate surface area is 138 Å². The number of rotatable bonds is 2. The molecule has 118 valence electrons. The van der Waals surface area contributed by atoms with Crippen molar-refractivity contribution in [3.8, 4) is 11.3 Å². The molecule has 0 unspecified atom stereocenters. The molecular weight excluding hydrogens is 310 g/mol. The van der Waals surface area contributed by atoms with Crippen molar-refractivity contribution in [2.75, 3.05) is 6.54 Å². The van der Waals surface area contributed by atoms with Gasteiger partial charge < -0.3 is 9.47 Å². The summed E-state index contributed by atoms with van der Waals surface area (Å²) in [6.07, 6.45) is 5.70. The minimum atomic E-state index is 0.0975. The Bertz CT molecular complexity index is 875. The molecule has 1 amide bonds. The number of aryl methyl sites for hydroxylation is 2. The molecule has 0 spiro atoms. The summed E-state index contributed by atoms with van der Waals surface area (Å²) >= 11 is 1.55. The van der Waals surface area contributed by atoms with Crippen molar-refractivity contribution in [3.05, 3.63) is 46.3 Å². The van der Waals surface area contributed by atoms with Crippen molar-refractivity contribution in [1.29, 1.82) is 0 Å². The van der Waals surface area contributed by atoms with E-state index in [1.807, 2.05) is 49.6 Å². The highest BCUT2D eigenvalue weighted by molar-refractivity contribution is 7.13. The number of aromatic nitrogens is 4. The van der Waals surface area contributed by atoms with Crippen molar-refractivity contribution in [2.24, 2.45) is 7.05 Å². The fourth-order valence-corrected chi connectivity index (χ4v) is 3.76. The number of hydrogen-bond donors (Lipinski definition) is 0. The third-order valence-corrected chi connectivity index (χ3v) is 5.09. The molecule has 23 heavy (non-hydrogen) atoms. The van der Waals surface area contributed by atoms with Crippen molar-refractivity contribution < 1.29 is 4.79 Å². The van der Waals surface area contributed by atoms with Crippen molar-refractivity contribution in [2.45, 2.75) is 20.0 Å². The second-order valence-electron chi connectivity index (χ2n) is 5.75. The molecule has 4 heterocycles. The summed E-state index contributed by atoms with van der Waals surface area (Å²) in [5.74, 6) is 1.03. The lowest BCUT2D eigenvalue weighted by Gasteiger charge is -2.28. The molecule has 0 bridgehead atoms. The maximum Gasteiger partial charge on any atom is 0.264 e. The summed E-state index contributed by atoms with van der Waals surface area (Å²) < 4.78 is 3.97. The average molecular weight is 327 g/mol. The monoisotopic (exact) mass is 327 g/mol. The summed E-state index contributed by atoms with van der Waals surface area (Å²) in [6.45, 7) is 4.03. The van der Waals surface area contributed by atoms with E-state index in [1.54, 1.807) is 16.0 Å². The fraction of sp³-hybridized carbons (Fsp3) is 0.312. The lowest BCUT2D eigenvalue weighted by Crippen LogP contribution is -2.38. The molecule has 0 N–H and O–H groups in total. The summed E-state index contributed by atoms with van der Waals surface area (Å²) in [6, 6.07) is 3.90. The van der Waals surface area contributed by atoms with Gasteiger partial charge >= 0.3 is 0 Å². The number of imidazole rings is 1. The normalized spacial score (nSPS) is 14.1. The van der Waals surface area contributed by atoms with E-state index in [2.05, 4.69) is 14.6 Å². The van der Waals surface area contributed by atoms with Gasteiger partial charge in [0.05, 0.1) is 29.5 Å². The molecular formula is C16H17N5OS. The van der Waals surface area contributed by atoms with Gasteiger partial charge in [0.25, 0.3) is 5.91 Å². The highest BCUT2D eigenvalue weighted by Gasteiger charge is 2.25. The Kier molecular flexibility index (Phi) is 3.30. The van der Waals surface area contributed by atoms with Gasteiger partial charge in [0, 0.05) is 36.8 Å². The van der Waals surface area contributed by atoms with Crippen LogP contribution in [0.4, 0.5) is 0 Å². The molecule has 0 saturated heterocycles. The van der Waals surface area contributed by atoms with E-state index < -0.39 is 0 Å². The van der Waals surface area contributed by atoms with Crippen LogP contribution in [0.3, 0.4) is 0 Å².